The Morgan fingerprint density at radius 2 is 1.90 bits per heavy atom. The van der Waals surface area contributed by atoms with Gasteiger partial charge in [0.25, 0.3) is 0 Å². The van der Waals surface area contributed by atoms with Gasteiger partial charge in [-0.3, -0.25) is 4.79 Å². The predicted octanol–water partition coefficient (Wildman–Crippen LogP) is 4.70. The number of carboxylic acid groups (broad SMARTS) is 1. The van der Waals surface area contributed by atoms with Gasteiger partial charge in [-0.05, 0) is 42.2 Å². The van der Waals surface area contributed by atoms with Gasteiger partial charge in [0.1, 0.15) is 0 Å². The van der Waals surface area contributed by atoms with Crippen molar-refractivity contribution in [1.29, 1.82) is 0 Å². The number of carboxylic acids is 1. The van der Waals surface area contributed by atoms with Crippen LogP contribution in [0.15, 0.2) is 24.3 Å². The molecule has 2 rings (SSSR count). The van der Waals surface area contributed by atoms with E-state index in [1.807, 2.05) is 13.8 Å². The molecule has 0 aliphatic heterocycles. The third-order valence-corrected chi connectivity index (χ3v) is 4.37. The second-order valence-electron chi connectivity index (χ2n) is 6.54. The smallest absolute Gasteiger partial charge is 0.416 e. The molecule has 1 fully saturated rings. The molecule has 116 valence electrons. The van der Waals surface area contributed by atoms with Gasteiger partial charge in [-0.15, -0.1) is 0 Å². The van der Waals surface area contributed by atoms with Gasteiger partial charge in [-0.1, -0.05) is 32.0 Å². The summed E-state index contributed by atoms with van der Waals surface area (Å²) in [4.78, 5) is 11.4. The molecular weight excluding hydrogens is 281 g/mol. The van der Waals surface area contributed by atoms with E-state index < -0.39 is 29.5 Å². The second kappa shape index (κ2) is 5.35. The van der Waals surface area contributed by atoms with Crippen LogP contribution in [0.1, 0.15) is 50.2 Å². The van der Waals surface area contributed by atoms with E-state index in [1.54, 1.807) is 6.07 Å². The summed E-state index contributed by atoms with van der Waals surface area (Å²) in [6.45, 7) is 3.96. The normalized spacial score (nSPS) is 25.6. The quantitative estimate of drug-likeness (QED) is 0.859. The van der Waals surface area contributed by atoms with Gasteiger partial charge in [0.15, 0.2) is 0 Å². The number of benzene rings is 1. The molecule has 1 aliphatic carbocycles. The van der Waals surface area contributed by atoms with Crippen molar-refractivity contribution in [2.24, 2.45) is 11.3 Å². The monoisotopic (exact) mass is 300 g/mol. The molecule has 2 unspecified atom stereocenters. The molecular formula is C16H19F3O2. The van der Waals surface area contributed by atoms with Crippen molar-refractivity contribution in [3.05, 3.63) is 35.4 Å². The SMILES string of the molecule is CC1(C)CCC(C(=O)O)C(c2ccccc2C(F)(F)F)C1. The van der Waals surface area contributed by atoms with Gasteiger partial charge in [0, 0.05) is 0 Å². The number of alkyl halides is 3. The Hall–Kier alpha value is -1.52. The van der Waals surface area contributed by atoms with Gasteiger partial charge in [0.05, 0.1) is 11.5 Å². The van der Waals surface area contributed by atoms with E-state index in [9.17, 15) is 23.1 Å². The number of aliphatic carboxylic acids is 1. The summed E-state index contributed by atoms with van der Waals surface area (Å²) in [5.74, 6) is -2.35. The minimum Gasteiger partial charge on any atom is -0.481 e. The fourth-order valence-electron chi connectivity index (χ4n) is 3.29. The van der Waals surface area contributed by atoms with Crippen molar-refractivity contribution in [2.75, 3.05) is 0 Å². The van der Waals surface area contributed by atoms with E-state index in [4.69, 9.17) is 0 Å². The minimum absolute atomic E-state index is 0.116. The van der Waals surface area contributed by atoms with Crippen molar-refractivity contribution >= 4 is 5.97 Å². The van der Waals surface area contributed by atoms with Crippen LogP contribution < -0.4 is 0 Å². The lowest BCUT2D eigenvalue weighted by atomic mass is 9.64. The molecule has 1 aromatic rings. The molecule has 1 N–H and O–H groups in total. The fraction of sp³-hybridized carbons (Fsp3) is 0.562. The van der Waals surface area contributed by atoms with Crippen LogP contribution >= 0.6 is 0 Å². The summed E-state index contributed by atoms with van der Waals surface area (Å²) in [6, 6.07) is 5.35. The summed E-state index contributed by atoms with van der Waals surface area (Å²) in [5, 5.41) is 9.35. The van der Waals surface area contributed by atoms with Crippen LogP contribution in [-0.4, -0.2) is 11.1 Å². The van der Waals surface area contributed by atoms with Crippen molar-refractivity contribution in [3.8, 4) is 0 Å². The Kier molecular flexibility index (Phi) is 4.04. The van der Waals surface area contributed by atoms with Crippen LogP contribution in [0.2, 0.25) is 0 Å². The van der Waals surface area contributed by atoms with Crippen LogP contribution in [0.25, 0.3) is 0 Å². The molecule has 1 aromatic carbocycles. The second-order valence-corrected chi connectivity index (χ2v) is 6.54. The zero-order chi connectivity index (χ0) is 15.8. The zero-order valence-corrected chi connectivity index (χ0v) is 12.1. The van der Waals surface area contributed by atoms with Crippen LogP contribution in [0.3, 0.4) is 0 Å². The van der Waals surface area contributed by atoms with E-state index in [0.717, 1.165) is 6.07 Å². The number of hydrogen-bond donors (Lipinski definition) is 1. The van der Waals surface area contributed by atoms with E-state index >= 15 is 0 Å². The number of hydrogen-bond acceptors (Lipinski definition) is 1. The van der Waals surface area contributed by atoms with E-state index in [1.165, 1.54) is 12.1 Å². The van der Waals surface area contributed by atoms with Gasteiger partial charge >= 0.3 is 12.1 Å². The molecule has 5 heteroatoms. The first-order valence-corrected chi connectivity index (χ1v) is 7.01. The molecule has 0 bridgehead atoms. The lowest BCUT2D eigenvalue weighted by molar-refractivity contribution is -0.146. The zero-order valence-electron chi connectivity index (χ0n) is 12.1. The van der Waals surface area contributed by atoms with Gasteiger partial charge in [-0.25, -0.2) is 0 Å². The number of carbonyl (C=O) groups is 1. The Balaban J connectivity index is 2.48. The van der Waals surface area contributed by atoms with Crippen molar-refractivity contribution < 1.29 is 23.1 Å². The van der Waals surface area contributed by atoms with Gasteiger partial charge < -0.3 is 5.11 Å². The molecule has 21 heavy (non-hydrogen) atoms. The highest BCUT2D eigenvalue weighted by Gasteiger charge is 2.43. The topological polar surface area (TPSA) is 37.3 Å². The summed E-state index contributed by atoms with van der Waals surface area (Å²) in [7, 11) is 0. The first kappa shape index (κ1) is 15.9. The molecule has 2 atom stereocenters. The maximum atomic E-state index is 13.2. The summed E-state index contributed by atoms with van der Waals surface area (Å²) >= 11 is 0. The third kappa shape index (κ3) is 3.39. The lowest BCUT2D eigenvalue weighted by Crippen LogP contribution is -2.34. The van der Waals surface area contributed by atoms with E-state index in [2.05, 4.69) is 0 Å². The summed E-state index contributed by atoms with van der Waals surface area (Å²) < 4.78 is 39.5. The predicted molar refractivity (Wildman–Crippen MR) is 72.9 cm³/mol. The van der Waals surface area contributed by atoms with Crippen molar-refractivity contribution in [3.63, 3.8) is 0 Å². The maximum absolute atomic E-state index is 13.2. The number of rotatable bonds is 2. The molecule has 0 heterocycles. The van der Waals surface area contributed by atoms with E-state index in [-0.39, 0.29) is 11.0 Å². The molecule has 0 amide bonds. The molecule has 0 radical (unpaired) electrons. The molecule has 2 nitrogen and oxygen atoms in total. The minimum atomic E-state index is -4.46. The molecule has 0 aromatic heterocycles. The first-order chi connectivity index (χ1) is 9.62. The summed E-state index contributed by atoms with van der Waals surface area (Å²) in [6.07, 6.45) is -2.87. The first-order valence-electron chi connectivity index (χ1n) is 7.01. The highest BCUT2D eigenvalue weighted by atomic mass is 19.4. The summed E-state index contributed by atoms with van der Waals surface area (Å²) in [5.41, 5.74) is -0.737. The van der Waals surface area contributed by atoms with Crippen LogP contribution in [0, 0.1) is 11.3 Å². The molecule has 1 saturated carbocycles. The average Bonchev–Trinajstić information content (AvgIpc) is 2.36. The Bertz CT molecular complexity index is 535. The molecule has 0 saturated heterocycles. The largest absolute Gasteiger partial charge is 0.481 e. The van der Waals surface area contributed by atoms with E-state index in [0.29, 0.717) is 19.3 Å². The average molecular weight is 300 g/mol. The fourth-order valence-corrected chi connectivity index (χ4v) is 3.29. The van der Waals surface area contributed by atoms with Crippen LogP contribution in [0.4, 0.5) is 13.2 Å². The standard InChI is InChI=1S/C16H19F3O2/c1-15(2)8-7-11(14(20)21)12(9-15)10-5-3-4-6-13(10)16(17,18)19/h3-6,11-12H,7-9H2,1-2H3,(H,20,21). The Labute approximate surface area is 122 Å². The van der Waals surface area contributed by atoms with Crippen LogP contribution in [0.5, 0.6) is 0 Å². The highest BCUT2D eigenvalue weighted by Crippen LogP contribution is 2.49. The maximum Gasteiger partial charge on any atom is 0.416 e. The molecule has 1 aliphatic rings. The molecule has 0 spiro atoms. The van der Waals surface area contributed by atoms with Crippen molar-refractivity contribution in [2.45, 2.75) is 45.2 Å². The van der Waals surface area contributed by atoms with Gasteiger partial charge in [-0.2, -0.15) is 13.2 Å². The Morgan fingerprint density at radius 1 is 1.29 bits per heavy atom. The highest BCUT2D eigenvalue weighted by molar-refractivity contribution is 5.71. The van der Waals surface area contributed by atoms with Crippen LogP contribution in [-0.2, 0) is 11.0 Å². The van der Waals surface area contributed by atoms with Gasteiger partial charge in [0.2, 0.25) is 0 Å². The van der Waals surface area contributed by atoms with Crippen molar-refractivity contribution in [1.82, 2.24) is 0 Å². The number of halogens is 3. The third-order valence-electron chi connectivity index (χ3n) is 4.37. The lowest BCUT2D eigenvalue weighted by Gasteiger charge is -2.40. The Morgan fingerprint density at radius 3 is 2.48 bits per heavy atom.